The largest absolute Gasteiger partial charge is 0.495 e. The average Bonchev–Trinajstić information content (AvgIpc) is 2.75. The first-order valence-electron chi connectivity index (χ1n) is 9.17. The van der Waals surface area contributed by atoms with Crippen molar-refractivity contribution >= 4 is 33.2 Å². The van der Waals surface area contributed by atoms with Gasteiger partial charge in [0.2, 0.25) is 0 Å². The van der Waals surface area contributed by atoms with Gasteiger partial charge >= 0.3 is 0 Å². The molecule has 1 amide bonds. The molecule has 0 saturated carbocycles. The lowest BCUT2D eigenvalue weighted by atomic mass is 10.1. The Balaban J connectivity index is 1.68. The number of para-hydroxylation sites is 2. The third-order valence-corrected chi connectivity index (χ3v) is 5.99. The standard InChI is InChI=1S/C22H21ClN2O4S/c1-29-21-8-3-2-7-20(21)25-30(27,28)19-6-4-5-17(15-19)22(26)24-14-13-16-9-11-18(23)12-10-16/h2-12,15,25H,13-14H2,1H3,(H,24,26). The molecule has 6 nitrogen and oxygen atoms in total. The number of amides is 1. The van der Waals surface area contributed by atoms with Gasteiger partial charge in [-0.3, -0.25) is 9.52 Å². The summed E-state index contributed by atoms with van der Waals surface area (Å²) in [6.07, 6.45) is 0.635. The van der Waals surface area contributed by atoms with Crippen LogP contribution in [0.3, 0.4) is 0 Å². The van der Waals surface area contributed by atoms with Crippen molar-refractivity contribution in [1.29, 1.82) is 0 Å². The van der Waals surface area contributed by atoms with Crippen molar-refractivity contribution in [2.24, 2.45) is 0 Å². The molecule has 156 valence electrons. The minimum absolute atomic E-state index is 0.0150. The summed E-state index contributed by atoms with van der Waals surface area (Å²) >= 11 is 5.86. The second-order valence-corrected chi connectivity index (χ2v) is 8.58. The highest BCUT2D eigenvalue weighted by atomic mass is 35.5. The van der Waals surface area contributed by atoms with Crippen LogP contribution < -0.4 is 14.8 Å². The molecule has 0 spiro atoms. The van der Waals surface area contributed by atoms with E-state index < -0.39 is 10.0 Å². The van der Waals surface area contributed by atoms with Crippen molar-refractivity contribution in [3.63, 3.8) is 0 Å². The normalized spacial score (nSPS) is 11.0. The van der Waals surface area contributed by atoms with E-state index in [1.54, 1.807) is 42.5 Å². The summed E-state index contributed by atoms with van der Waals surface area (Å²) in [5, 5.41) is 3.46. The molecule has 0 unspecified atom stereocenters. The molecular weight excluding hydrogens is 424 g/mol. The highest BCUT2D eigenvalue weighted by Gasteiger charge is 2.18. The molecule has 0 radical (unpaired) electrons. The summed E-state index contributed by atoms with van der Waals surface area (Å²) in [5.74, 6) is 0.0514. The fourth-order valence-electron chi connectivity index (χ4n) is 2.81. The van der Waals surface area contributed by atoms with Crippen LogP contribution in [-0.4, -0.2) is 28.0 Å². The van der Waals surface area contributed by atoms with E-state index in [2.05, 4.69) is 10.0 Å². The molecule has 3 aromatic carbocycles. The van der Waals surface area contributed by atoms with Crippen molar-refractivity contribution < 1.29 is 17.9 Å². The van der Waals surface area contributed by atoms with Gasteiger partial charge < -0.3 is 10.1 Å². The molecule has 0 atom stereocenters. The highest BCUT2D eigenvalue weighted by Crippen LogP contribution is 2.26. The molecule has 3 rings (SSSR count). The molecule has 0 aliphatic carbocycles. The Labute approximate surface area is 180 Å². The molecule has 0 aliphatic rings. The van der Waals surface area contributed by atoms with Gasteiger partial charge in [0.05, 0.1) is 17.7 Å². The van der Waals surface area contributed by atoms with Crippen molar-refractivity contribution in [1.82, 2.24) is 5.32 Å². The number of hydrogen-bond donors (Lipinski definition) is 2. The van der Waals surface area contributed by atoms with Crippen LogP contribution in [-0.2, 0) is 16.4 Å². The van der Waals surface area contributed by atoms with E-state index in [4.69, 9.17) is 16.3 Å². The highest BCUT2D eigenvalue weighted by molar-refractivity contribution is 7.92. The first-order chi connectivity index (χ1) is 14.4. The van der Waals surface area contributed by atoms with Crippen LogP contribution in [0, 0.1) is 0 Å². The van der Waals surface area contributed by atoms with Crippen LogP contribution >= 0.6 is 11.6 Å². The summed E-state index contributed by atoms with van der Waals surface area (Å²) in [6, 6.07) is 19.9. The zero-order chi connectivity index (χ0) is 21.6. The summed E-state index contributed by atoms with van der Waals surface area (Å²) in [5.41, 5.74) is 1.61. The van der Waals surface area contributed by atoms with Gasteiger partial charge in [-0.1, -0.05) is 41.9 Å². The lowest BCUT2D eigenvalue weighted by Crippen LogP contribution is -2.26. The number of hydrogen-bond acceptors (Lipinski definition) is 4. The Kier molecular flexibility index (Phi) is 6.97. The Morgan fingerprint density at radius 2 is 1.73 bits per heavy atom. The minimum Gasteiger partial charge on any atom is -0.495 e. The van der Waals surface area contributed by atoms with E-state index in [1.165, 1.54) is 25.3 Å². The van der Waals surface area contributed by atoms with E-state index in [0.29, 0.717) is 29.4 Å². The Morgan fingerprint density at radius 1 is 1.00 bits per heavy atom. The molecule has 8 heteroatoms. The molecule has 0 fully saturated rings. The van der Waals surface area contributed by atoms with Crippen molar-refractivity contribution in [2.75, 3.05) is 18.4 Å². The zero-order valence-electron chi connectivity index (χ0n) is 16.3. The van der Waals surface area contributed by atoms with Crippen LogP contribution in [0.1, 0.15) is 15.9 Å². The maximum Gasteiger partial charge on any atom is 0.262 e. The predicted molar refractivity (Wildman–Crippen MR) is 118 cm³/mol. The SMILES string of the molecule is COc1ccccc1NS(=O)(=O)c1cccc(C(=O)NCCc2ccc(Cl)cc2)c1. The van der Waals surface area contributed by atoms with Crippen LogP contribution in [0.2, 0.25) is 5.02 Å². The molecule has 0 heterocycles. The number of benzene rings is 3. The Hall–Kier alpha value is -3.03. The van der Waals surface area contributed by atoms with E-state index in [9.17, 15) is 13.2 Å². The van der Waals surface area contributed by atoms with Gasteiger partial charge in [-0.05, 0) is 54.4 Å². The van der Waals surface area contributed by atoms with Gasteiger partial charge in [0, 0.05) is 17.1 Å². The van der Waals surface area contributed by atoms with Crippen LogP contribution in [0.4, 0.5) is 5.69 Å². The monoisotopic (exact) mass is 444 g/mol. The maximum atomic E-state index is 12.8. The molecular formula is C22H21ClN2O4S. The van der Waals surface area contributed by atoms with Crippen LogP contribution in [0.5, 0.6) is 5.75 Å². The van der Waals surface area contributed by atoms with Crippen LogP contribution in [0.25, 0.3) is 0 Å². The summed E-state index contributed by atoms with van der Waals surface area (Å²) in [7, 11) is -2.43. The van der Waals surface area contributed by atoms with Crippen molar-refractivity contribution in [3.8, 4) is 5.75 Å². The maximum absolute atomic E-state index is 12.8. The van der Waals surface area contributed by atoms with Gasteiger partial charge in [0.25, 0.3) is 15.9 Å². The number of nitrogens with one attached hydrogen (secondary N) is 2. The second-order valence-electron chi connectivity index (χ2n) is 6.47. The topological polar surface area (TPSA) is 84.5 Å². The number of carbonyl (C=O) groups excluding carboxylic acids is 1. The molecule has 2 N–H and O–H groups in total. The number of ether oxygens (including phenoxy) is 1. The number of rotatable bonds is 8. The number of anilines is 1. The lowest BCUT2D eigenvalue weighted by Gasteiger charge is -2.12. The van der Waals surface area contributed by atoms with Gasteiger partial charge in [-0.25, -0.2) is 8.42 Å². The molecule has 0 bridgehead atoms. The smallest absolute Gasteiger partial charge is 0.262 e. The van der Waals surface area contributed by atoms with Crippen LogP contribution in [0.15, 0.2) is 77.7 Å². The Morgan fingerprint density at radius 3 is 2.47 bits per heavy atom. The van der Waals surface area contributed by atoms with E-state index in [0.717, 1.165) is 5.56 Å². The molecule has 0 saturated heterocycles. The average molecular weight is 445 g/mol. The number of carbonyl (C=O) groups is 1. The molecule has 0 aromatic heterocycles. The van der Waals surface area contributed by atoms with Crippen molar-refractivity contribution in [3.05, 3.63) is 88.9 Å². The molecule has 3 aromatic rings. The fourth-order valence-corrected chi connectivity index (χ4v) is 4.05. The summed E-state index contributed by atoms with van der Waals surface area (Å²) < 4.78 is 33.2. The first kappa shape index (κ1) is 21.7. The quantitative estimate of drug-likeness (QED) is 0.547. The molecule has 0 aliphatic heterocycles. The van der Waals surface area contributed by atoms with E-state index >= 15 is 0 Å². The number of sulfonamides is 1. The van der Waals surface area contributed by atoms with E-state index in [-0.39, 0.29) is 16.4 Å². The lowest BCUT2D eigenvalue weighted by molar-refractivity contribution is 0.0954. The van der Waals surface area contributed by atoms with Gasteiger partial charge in [0.15, 0.2) is 0 Å². The minimum atomic E-state index is -3.89. The second kappa shape index (κ2) is 9.65. The first-order valence-corrected chi connectivity index (χ1v) is 11.0. The third kappa shape index (κ3) is 5.52. The zero-order valence-corrected chi connectivity index (χ0v) is 17.8. The predicted octanol–water partition coefficient (Wildman–Crippen LogP) is 4.12. The van der Waals surface area contributed by atoms with Gasteiger partial charge in [-0.2, -0.15) is 0 Å². The van der Waals surface area contributed by atoms with E-state index in [1.807, 2.05) is 12.1 Å². The summed E-state index contributed by atoms with van der Waals surface area (Å²) in [6.45, 7) is 0.414. The third-order valence-electron chi connectivity index (χ3n) is 4.37. The summed E-state index contributed by atoms with van der Waals surface area (Å²) in [4.78, 5) is 12.4. The molecule has 30 heavy (non-hydrogen) atoms. The van der Waals surface area contributed by atoms with Gasteiger partial charge in [-0.15, -0.1) is 0 Å². The number of methoxy groups -OCH3 is 1. The van der Waals surface area contributed by atoms with Gasteiger partial charge in [0.1, 0.15) is 5.75 Å². The fraction of sp³-hybridized carbons (Fsp3) is 0.136. The van der Waals surface area contributed by atoms with Crippen molar-refractivity contribution in [2.45, 2.75) is 11.3 Å². The Bertz CT molecular complexity index is 1130. The number of halogens is 1.